The van der Waals surface area contributed by atoms with Gasteiger partial charge in [-0.3, -0.25) is 9.69 Å². The van der Waals surface area contributed by atoms with Crippen molar-refractivity contribution >= 4 is 22.5 Å². The molecule has 0 saturated carbocycles. The monoisotopic (exact) mass is 331 g/mol. The fraction of sp³-hybridized carbons (Fsp3) is 0.176. The fourth-order valence-corrected chi connectivity index (χ4v) is 2.62. The number of aromatic nitrogens is 2. The zero-order chi connectivity index (χ0) is 16.4. The summed E-state index contributed by atoms with van der Waals surface area (Å²) in [5, 5.41) is 1.06. The predicted molar refractivity (Wildman–Crippen MR) is 88.9 cm³/mol. The van der Waals surface area contributed by atoms with Gasteiger partial charge in [-0.2, -0.15) is 0 Å². The lowest BCUT2D eigenvalue weighted by Gasteiger charge is -2.16. The van der Waals surface area contributed by atoms with Gasteiger partial charge < -0.3 is 4.98 Å². The number of hydrogen-bond acceptors (Lipinski definition) is 3. The average molecular weight is 332 g/mol. The molecule has 0 amide bonds. The van der Waals surface area contributed by atoms with Crippen LogP contribution in [-0.2, 0) is 13.1 Å². The number of rotatable bonds is 4. The van der Waals surface area contributed by atoms with Crippen LogP contribution in [-0.4, -0.2) is 21.9 Å². The maximum atomic E-state index is 12.9. The van der Waals surface area contributed by atoms with Crippen molar-refractivity contribution in [2.45, 2.75) is 13.1 Å². The van der Waals surface area contributed by atoms with Crippen molar-refractivity contribution in [1.82, 2.24) is 14.9 Å². The molecule has 0 unspecified atom stereocenters. The molecule has 2 aromatic carbocycles. The highest BCUT2D eigenvalue weighted by Gasteiger charge is 2.08. The van der Waals surface area contributed by atoms with Crippen LogP contribution >= 0.6 is 11.6 Å². The first-order valence-electron chi connectivity index (χ1n) is 7.13. The van der Waals surface area contributed by atoms with Crippen molar-refractivity contribution in [3.8, 4) is 0 Å². The second-order valence-electron chi connectivity index (χ2n) is 5.47. The van der Waals surface area contributed by atoms with Gasteiger partial charge in [0.15, 0.2) is 0 Å². The van der Waals surface area contributed by atoms with Crippen LogP contribution < -0.4 is 5.56 Å². The van der Waals surface area contributed by atoms with E-state index >= 15 is 0 Å². The molecule has 4 nitrogen and oxygen atoms in total. The topological polar surface area (TPSA) is 49.0 Å². The van der Waals surface area contributed by atoms with Crippen molar-refractivity contribution in [1.29, 1.82) is 0 Å². The lowest BCUT2D eigenvalue weighted by molar-refractivity contribution is 0.310. The molecule has 0 bridgehead atoms. The van der Waals surface area contributed by atoms with Gasteiger partial charge in [-0.05, 0) is 42.9 Å². The summed E-state index contributed by atoms with van der Waals surface area (Å²) in [5.41, 5.74) is 1.38. The second kappa shape index (κ2) is 6.48. The van der Waals surface area contributed by atoms with Gasteiger partial charge in [0.25, 0.3) is 5.56 Å². The van der Waals surface area contributed by atoms with Gasteiger partial charge in [-0.15, -0.1) is 0 Å². The summed E-state index contributed by atoms with van der Waals surface area (Å²) in [6, 6.07) is 11.3. The highest BCUT2D eigenvalue weighted by Crippen LogP contribution is 2.15. The minimum atomic E-state index is -0.256. The molecule has 0 fully saturated rings. The Morgan fingerprint density at radius 1 is 1.17 bits per heavy atom. The van der Waals surface area contributed by atoms with E-state index in [9.17, 15) is 9.18 Å². The van der Waals surface area contributed by atoms with Gasteiger partial charge in [0.2, 0.25) is 0 Å². The van der Waals surface area contributed by atoms with Gasteiger partial charge in [0.1, 0.15) is 11.6 Å². The van der Waals surface area contributed by atoms with E-state index in [0.717, 1.165) is 5.56 Å². The van der Waals surface area contributed by atoms with Gasteiger partial charge in [-0.1, -0.05) is 23.7 Å². The predicted octanol–water partition coefficient (Wildman–Crippen LogP) is 3.35. The van der Waals surface area contributed by atoms with Gasteiger partial charge >= 0.3 is 0 Å². The number of hydrogen-bond donors (Lipinski definition) is 1. The molecule has 6 heteroatoms. The van der Waals surface area contributed by atoms with Crippen molar-refractivity contribution in [2.75, 3.05) is 7.05 Å². The minimum Gasteiger partial charge on any atom is -0.309 e. The SMILES string of the molecule is CN(Cc1ccc(F)cc1)Cc1nc2cc(Cl)ccc2c(=O)[nH]1. The second-order valence-corrected chi connectivity index (χ2v) is 5.91. The molecule has 0 aliphatic carbocycles. The maximum Gasteiger partial charge on any atom is 0.258 e. The number of fused-ring (bicyclic) bond motifs is 1. The third-order valence-electron chi connectivity index (χ3n) is 3.50. The first-order chi connectivity index (χ1) is 11.0. The highest BCUT2D eigenvalue weighted by atomic mass is 35.5. The molecule has 3 rings (SSSR count). The lowest BCUT2D eigenvalue weighted by atomic mass is 10.2. The third kappa shape index (κ3) is 3.75. The standard InChI is InChI=1S/C17H15ClFN3O/c1-22(9-11-2-5-13(19)6-3-11)10-16-20-15-8-12(18)4-7-14(15)17(23)21-16/h2-8H,9-10H2,1H3,(H,20,21,23). The summed E-state index contributed by atoms with van der Waals surface area (Å²) >= 11 is 5.96. The van der Waals surface area contributed by atoms with Crippen molar-refractivity contribution in [3.63, 3.8) is 0 Å². The summed E-state index contributed by atoms with van der Waals surface area (Å²) < 4.78 is 12.9. The van der Waals surface area contributed by atoms with Crippen LogP contribution in [0.3, 0.4) is 0 Å². The molecular weight excluding hydrogens is 317 g/mol. The molecule has 1 heterocycles. The molecule has 1 N–H and O–H groups in total. The van der Waals surface area contributed by atoms with Crippen molar-refractivity contribution in [3.05, 3.63) is 75.0 Å². The molecule has 1 aromatic heterocycles. The first-order valence-corrected chi connectivity index (χ1v) is 7.50. The third-order valence-corrected chi connectivity index (χ3v) is 3.74. The Balaban J connectivity index is 1.80. The first kappa shape index (κ1) is 15.6. The molecule has 0 aliphatic heterocycles. The van der Waals surface area contributed by atoms with E-state index in [1.165, 1.54) is 12.1 Å². The Morgan fingerprint density at radius 3 is 2.65 bits per heavy atom. The van der Waals surface area contributed by atoms with E-state index in [2.05, 4.69) is 9.97 Å². The van der Waals surface area contributed by atoms with Crippen molar-refractivity contribution in [2.24, 2.45) is 0 Å². The molecule has 3 aromatic rings. The van der Waals surface area contributed by atoms with Gasteiger partial charge in [0.05, 0.1) is 17.4 Å². The Morgan fingerprint density at radius 2 is 1.91 bits per heavy atom. The number of H-pyrrole nitrogens is 1. The summed E-state index contributed by atoms with van der Waals surface area (Å²) in [6.07, 6.45) is 0. The summed E-state index contributed by atoms with van der Waals surface area (Å²) in [7, 11) is 1.91. The van der Waals surface area contributed by atoms with Crippen LogP contribution in [0.5, 0.6) is 0 Å². The van der Waals surface area contributed by atoms with Crippen molar-refractivity contribution < 1.29 is 4.39 Å². The number of halogens is 2. The number of benzene rings is 2. The van der Waals surface area contributed by atoms with Crippen LogP contribution in [0.2, 0.25) is 5.02 Å². The molecule has 0 spiro atoms. The van der Waals surface area contributed by atoms with Crippen LogP contribution in [0, 0.1) is 5.82 Å². The largest absolute Gasteiger partial charge is 0.309 e. The van der Waals surface area contributed by atoms with E-state index in [1.54, 1.807) is 30.3 Å². The van der Waals surface area contributed by atoms with E-state index in [1.807, 2.05) is 11.9 Å². The molecule has 0 radical (unpaired) electrons. The molecule has 0 aliphatic rings. The van der Waals surface area contributed by atoms with E-state index in [-0.39, 0.29) is 11.4 Å². The molecule has 118 valence electrons. The Kier molecular flexibility index (Phi) is 4.41. The number of aromatic amines is 1. The van der Waals surface area contributed by atoms with Gasteiger partial charge in [-0.25, -0.2) is 9.37 Å². The number of nitrogens with zero attached hydrogens (tertiary/aromatic N) is 2. The zero-order valence-corrected chi connectivity index (χ0v) is 13.3. The zero-order valence-electron chi connectivity index (χ0n) is 12.5. The normalized spacial score (nSPS) is 11.3. The number of nitrogens with one attached hydrogen (secondary N) is 1. The Bertz CT molecular complexity index is 892. The Labute approximate surface area is 137 Å². The van der Waals surface area contributed by atoms with E-state index < -0.39 is 0 Å². The molecular formula is C17H15ClFN3O. The van der Waals surface area contributed by atoms with E-state index in [0.29, 0.717) is 34.8 Å². The summed E-state index contributed by atoms with van der Waals surface area (Å²) in [4.78, 5) is 21.3. The highest BCUT2D eigenvalue weighted by molar-refractivity contribution is 6.31. The maximum absolute atomic E-state index is 12.9. The minimum absolute atomic E-state index is 0.183. The van der Waals surface area contributed by atoms with Crippen LogP contribution in [0.25, 0.3) is 10.9 Å². The summed E-state index contributed by atoms with van der Waals surface area (Å²) in [5.74, 6) is 0.309. The lowest BCUT2D eigenvalue weighted by Crippen LogP contribution is -2.21. The molecule has 0 saturated heterocycles. The van der Waals surface area contributed by atoms with Crippen LogP contribution in [0.15, 0.2) is 47.3 Å². The Hall–Kier alpha value is -2.24. The molecule has 23 heavy (non-hydrogen) atoms. The quantitative estimate of drug-likeness (QED) is 0.797. The smallest absolute Gasteiger partial charge is 0.258 e. The van der Waals surface area contributed by atoms with Gasteiger partial charge in [0, 0.05) is 11.6 Å². The van der Waals surface area contributed by atoms with Crippen LogP contribution in [0.4, 0.5) is 4.39 Å². The average Bonchev–Trinajstić information content (AvgIpc) is 2.49. The van der Waals surface area contributed by atoms with E-state index in [4.69, 9.17) is 11.6 Å². The van der Waals surface area contributed by atoms with Crippen LogP contribution in [0.1, 0.15) is 11.4 Å². The fourth-order valence-electron chi connectivity index (χ4n) is 2.45. The summed E-state index contributed by atoms with van der Waals surface area (Å²) in [6.45, 7) is 1.09. The molecule has 0 atom stereocenters.